The fourth-order valence-corrected chi connectivity index (χ4v) is 3.43. The van der Waals surface area contributed by atoms with Crippen LogP contribution in [0.15, 0.2) is 71.4 Å². The van der Waals surface area contributed by atoms with Crippen LogP contribution in [0.1, 0.15) is 25.0 Å². The average Bonchev–Trinajstić information content (AvgIpc) is 2.97. The van der Waals surface area contributed by atoms with Crippen molar-refractivity contribution in [3.8, 4) is 5.75 Å². The van der Waals surface area contributed by atoms with Crippen LogP contribution in [0.5, 0.6) is 5.75 Å². The number of nitrogens with zero attached hydrogens (tertiary/aromatic N) is 1. The van der Waals surface area contributed by atoms with E-state index < -0.39 is 5.97 Å². The molecule has 0 aliphatic carbocycles. The van der Waals surface area contributed by atoms with Crippen LogP contribution in [-0.2, 0) is 20.7 Å². The number of methoxy groups -OCH3 is 1. The van der Waals surface area contributed by atoms with Crippen molar-refractivity contribution in [2.75, 3.05) is 20.3 Å². The number of para-hydroxylation sites is 1. The molecule has 2 aromatic carbocycles. The number of carbonyl (C=O) groups is 2. The molecule has 150 valence electrons. The van der Waals surface area contributed by atoms with Gasteiger partial charge in [0.25, 0.3) is 5.91 Å². The number of benzene rings is 2. The molecular formula is C24H25NO4. The number of rotatable bonds is 7. The zero-order chi connectivity index (χ0) is 20.8. The maximum atomic E-state index is 13.2. The Labute approximate surface area is 171 Å². The lowest BCUT2D eigenvalue weighted by atomic mass is 10.0. The van der Waals surface area contributed by atoms with Gasteiger partial charge in [0.05, 0.1) is 24.9 Å². The summed E-state index contributed by atoms with van der Waals surface area (Å²) in [5, 5.41) is 0. The fourth-order valence-electron chi connectivity index (χ4n) is 3.43. The third-order valence-electron chi connectivity index (χ3n) is 4.89. The van der Waals surface area contributed by atoms with Crippen LogP contribution in [0.4, 0.5) is 0 Å². The molecule has 0 saturated heterocycles. The number of hydrogen-bond donors (Lipinski definition) is 0. The van der Waals surface area contributed by atoms with Crippen LogP contribution in [0.25, 0.3) is 6.08 Å². The van der Waals surface area contributed by atoms with E-state index in [-0.39, 0.29) is 5.91 Å². The smallest absolute Gasteiger partial charge is 0.340 e. The SMILES string of the molecule is CCOc1ccccc1/C=C1\C(=O)N(CCc2ccccc2)C(C)=C1C(=O)OC. The third-order valence-corrected chi connectivity index (χ3v) is 4.89. The Balaban J connectivity index is 1.96. The van der Waals surface area contributed by atoms with Crippen LogP contribution in [0.2, 0.25) is 0 Å². The van der Waals surface area contributed by atoms with E-state index in [1.165, 1.54) is 7.11 Å². The Morgan fingerprint density at radius 2 is 1.76 bits per heavy atom. The van der Waals surface area contributed by atoms with Gasteiger partial charge in [0.1, 0.15) is 5.75 Å². The molecule has 5 nitrogen and oxygen atoms in total. The van der Waals surface area contributed by atoms with E-state index in [4.69, 9.17) is 9.47 Å². The van der Waals surface area contributed by atoms with E-state index in [2.05, 4.69) is 0 Å². The molecule has 0 N–H and O–H groups in total. The molecule has 29 heavy (non-hydrogen) atoms. The van der Waals surface area contributed by atoms with Gasteiger partial charge in [-0.1, -0.05) is 48.5 Å². The molecule has 1 heterocycles. The first-order valence-electron chi connectivity index (χ1n) is 9.65. The first kappa shape index (κ1) is 20.4. The fraction of sp³-hybridized carbons (Fsp3) is 0.250. The van der Waals surface area contributed by atoms with Crippen molar-refractivity contribution in [2.45, 2.75) is 20.3 Å². The van der Waals surface area contributed by atoms with Crippen LogP contribution in [0.3, 0.4) is 0 Å². The molecule has 0 atom stereocenters. The van der Waals surface area contributed by atoms with Crippen molar-refractivity contribution in [3.05, 3.63) is 82.6 Å². The molecule has 1 amide bonds. The summed E-state index contributed by atoms with van der Waals surface area (Å²) >= 11 is 0. The molecular weight excluding hydrogens is 366 g/mol. The van der Waals surface area contributed by atoms with Gasteiger partial charge in [-0.3, -0.25) is 4.79 Å². The number of ether oxygens (including phenoxy) is 2. The van der Waals surface area contributed by atoms with E-state index in [9.17, 15) is 9.59 Å². The highest BCUT2D eigenvalue weighted by Gasteiger charge is 2.36. The number of amides is 1. The monoisotopic (exact) mass is 391 g/mol. The largest absolute Gasteiger partial charge is 0.493 e. The van der Waals surface area contributed by atoms with Gasteiger partial charge in [0.2, 0.25) is 0 Å². The molecule has 0 fully saturated rings. The number of allylic oxidation sites excluding steroid dienone is 1. The van der Waals surface area contributed by atoms with Crippen LogP contribution in [-0.4, -0.2) is 37.0 Å². The van der Waals surface area contributed by atoms with E-state index in [0.29, 0.717) is 42.2 Å². The van der Waals surface area contributed by atoms with Crippen molar-refractivity contribution in [2.24, 2.45) is 0 Å². The molecule has 1 aliphatic heterocycles. The Hall–Kier alpha value is -3.34. The second kappa shape index (κ2) is 9.24. The summed E-state index contributed by atoms with van der Waals surface area (Å²) < 4.78 is 10.6. The van der Waals surface area contributed by atoms with Crippen molar-refractivity contribution in [1.82, 2.24) is 4.90 Å². The van der Waals surface area contributed by atoms with Gasteiger partial charge < -0.3 is 14.4 Å². The lowest BCUT2D eigenvalue weighted by Crippen LogP contribution is -2.27. The standard InChI is InChI=1S/C24H25NO4/c1-4-29-21-13-9-8-12-19(21)16-20-22(24(27)28-3)17(2)25(23(20)26)15-14-18-10-6-5-7-11-18/h5-13,16H,4,14-15H2,1-3H3/b20-16-. The summed E-state index contributed by atoms with van der Waals surface area (Å²) in [5.41, 5.74) is 3.12. The maximum Gasteiger partial charge on any atom is 0.340 e. The van der Waals surface area contributed by atoms with E-state index in [1.807, 2.05) is 61.5 Å². The lowest BCUT2D eigenvalue weighted by molar-refractivity contribution is -0.136. The van der Waals surface area contributed by atoms with Gasteiger partial charge in [-0.25, -0.2) is 4.79 Å². The van der Waals surface area contributed by atoms with Gasteiger partial charge in [-0.05, 0) is 38.0 Å². The molecule has 1 aliphatic rings. The Morgan fingerprint density at radius 3 is 2.45 bits per heavy atom. The quantitative estimate of drug-likeness (QED) is 0.529. The Morgan fingerprint density at radius 1 is 1.07 bits per heavy atom. The topological polar surface area (TPSA) is 55.8 Å². The van der Waals surface area contributed by atoms with Gasteiger partial charge in [-0.15, -0.1) is 0 Å². The molecule has 2 aromatic rings. The summed E-state index contributed by atoms with van der Waals surface area (Å²) in [6.07, 6.45) is 2.41. The van der Waals surface area contributed by atoms with E-state index in [0.717, 1.165) is 11.1 Å². The highest BCUT2D eigenvalue weighted by Crippen LogP contribution is 2.33. The third kappa shape index (κ3) is 4.40. The molecule has 5 heteroatoms. The minimum atomic E-state index is -0.516. The van der Waals surface area contributed by atoms with Gasteiger partial charge in [-0.2, -0.15) is 0 Å². The van der Waals surface area contributed by atoms with Crippen molar-refractivity contribution < 1.29 is 19.1 Å². The average molecular weight is 391 g/mol. The summed E-state index contributed by atoms with van der Waals surface area (Å²) in [6, 6.07) is 17.4. The Kier molecular flexibility index (Phi) is 6.50. The zero-order valence-corrected chi connectivity index (χ0v) is 17.0. The summed E-state index contributed by atoms with van der Waals surface area (Å²) in [5.74, 6) is -0.0526. The lowest BCUT2D eigenvalue weighted by Gasteiger charge is -2.17. The number of esters is 1. The summed E-state index contributed by atoms with van der Waals surface area (Å²) in [6.45, 7) is 4.68. The second-order valence-electron chi connectivity index (χ2n) is 6.67. The Bertz CT molecular complexity index is 960. The maximum absolute atomic E-state index is 13.2. The number of hydrogen-bond acceptors (Lipinski definition) is 4. The molecule has 0 bridgehead atoms. The molecule has 3 rings (SSSR count). The van der Waals surface area contributed by atoms with Crippen molar-refractivity contribution in [3.63, 3.8) is 0 Å². The van der Waals surface area contributed by atoms with E-state index in [1.54, 1.807) is 17.9 Å². The van der Waals surface area contributed by atoms with Crippen LogP contribution in [0, 0.1) is 0 Å². The summed E-state index contributed by atoms with van der Waals surface area (Å²) in [4.78, 5) is 27.3. The minimum Gasteiger partial charge on any atom is -0.493 e. The molecule has 0 aromatic heterocycles. The van der Waals surface area contributed by atoms with Crippen molar-refractivity contribution >= 4 is 18.0 Å². The highest BCUT2D eigenvalue weighted by molar-refractivity contribution is 6.16. The van der Waals surface area contributed by atoms with E-state index >= 15 is 0 Å². The predicted molar refractivity (Wildman–Crippen MR) is 112 cm³/mol. The normalized spacial score (nSPS) is 15.2. The van der Waals surface area contributed by atoms with Crippen LogP contribution < -0.4 is 4.74 Å². The molecule has 0 saturated carbocycles. The summed E-state index contributed by atoms with van der Waals surface area (Å²) in [7, 11) is 1.32. The zero-order valence-electron chi connectivity index (χ0n) is 17.0. The minimum absolute atomic E-state index is 0.204. The van der Waals surface area contributed by atoms with Gasteiger partial charge in [0.15, 0.2) is 0 Å². The first-order valence-corrected chi connectivity index (χ1v) is 9.65. The molecule has 0 spiro atoms. The highest BCUT2D eigenvalue weighted by atomic mass is 16.5. The number of carbonyl (C=O) groups excluding carboxylic acids is 2. The van der Waals surface area contributed by atoms with Gasteiger partial charge >= 0.3 is 5.97 Å². The van der Waals surface area contributed by atoms with Crippen LogP contribution >= 0.6 is 0 Å². The van der Waals surface area contributed by atoms with Gasteiger partial charge in [0, 0.05) is 17.8 Å². The first-order chi connectivity index (χ1) is 14.1. The predicted octanol–water partition coefficient (Wildman–Crippen LogP) is 4.00. The second-order valence-corrected chi connectivity index (χ2v) is 6.67. The van der Waals surface area contributed by atoms with Crippen molar-refractivity contribution in [1.29, 1.82) is 0 Å². The molecule has 0 unspecified atom stereocenters. The molecule has 0 radical (unpaired) electrons.